The van der Waals surface area contributed by atoms with E-state index < -0.39 is 0 Å². The monoisotopic (exact) mass is 410 g/mol. The fourth-order valence-electron chi connectivity index (χ4n) is 4.37. The van der Waals surface area contributed by atoms with E-state index in [4.69, 9.17) is 9.47 Å². The average Bonchev–Trinajstić information content (AvgIpc) is 3.08. The summed E-state index contributed by atoms with van der Waals surface area (Å²) in [7, 11) is 3.25. The number of ether oxygens (including phenoxy) is 2. The molecule has 7 heteroatoms. The predicted molar refractivity (Wildman–Crippen MR) is 115 cm³/mol. The summed E-state index contributed by atoms with van der Waals surface area (Å²) in [5, 5.41) is 0. The number of nitrogens with zero attached hydrogens (tertiary/aromatic N) is 2. The summed E-state index contributed by atoms with van der Waals surface area (Å²) in [4.78, 5) is 30.8. The minimum Gasteiger partial charge on any atom is -0.497 e. The first kappa shape index (κ1) is 20.2. The van der Waals surface area contributed by atoms with Crippen molar-refractivity contribution in [3.05, 3.63) is 48.0 Å². The standard InChI is InChI=1S/C23H27N3O4/c1-16-7-8-19(30-3)14-20(16)26-22(27)15-21(23(26)28)25-11-9-24(10-12-25)17-5-4-6-18(13-17)29-2/h4-8,13-14,21H,9-12,15H2,1-3H3/p+1/t21-/m0/s1. The Morgan fingerprint density at radius 1 is 0.967 bits per heavy atom. The lowest BCUT2D eigenvalue weighted by Crippen LogP contribution is -3.19. The molecule has 2 heterocycles. The van der Waals surface area contributed by atoms with Crippen LogP contribution in [0, 0.1) is 6.92 Å². The summed E-state index contributed by atoms with van der Waals surface area (Å²) in [6.45, 7) is 5.19. The van der Waals surface area contributed by atoms with Crippen molar-refractivity contribution in [2.45, 2.75) is 19.4 Å². The van der Waals surface area contributed by atoms with Gasteiger partial charge in [0.05, 0.1) is 52.5 Å². The van der Waals surface area contributed by atoms with Crippen LogP contribution in [0.3, 0.4) is 0 Å². The molecule has 1 N–H and O–H groups in total. The molecule has 30 heavy (non-hydrogen) atoms. The second-order valence-corrected chi connectivity index (χ2v) is 7.82. The third-order valence-corrected chi connectivity index (χ3v) is 6.12. The van der Waals surface area contributed by atoms with Gasteiger partial charge in [-0.15, -0.1) is 0 Å². The molecule has 158 valence electrons. The maximum atomic E-state index is 13.2. The molecule has 0 saturated carbocycles. The smallest absolute Gasteiger partial charge is 0.292 e. The van der Waals surface area contributed by atoms with Crippen LogP contribution in [-0.4, -0.2) is 58.3 Å². The Hall–Kier alpha value is -3.06. The number of anilines is 2. The number of rotatable bonds is 5. The Morgan fingerprint density at radius 3 is 2.37 bits per heavy atom. The summed E-state index contributed by atoms with van der Waals surface area (Å²) in [5.41, 5.74) is 2.63. The number of benzene rings is 2. The molecule has 2 fully saturated rings. The largest absolute Gasteiger partial charge is 0.497 e. The van der Waals surface area contributed by atoms with Crippen LogP contribution in [0.5, 0.6) is 11.5 Å². The quantitative estimate of drug-likeness (QED) is 0.747. The number of hydrogen-bond donors (Lipinski definition) is 1. The Balaban J connectivity index is 1.46. The van der Waals surface area contributed by atoms with E-state index in [-0.39, 0.29) is 24.3 Å². The summed E-state index contributed by atoms with van der Waals surface area (Å²) in [6.07, 6.45) is 0.254. The van der Waals surface area contributed by atoms with Crippen molar-refractivity contribution in [1.82, 2.24) is 0 Å². The highest BCUT2D eigenvalue weighted by atomic mass is 16.5. The number of carbonyl (C=O) groups is 2. The summed E-state index contributed by atoms with van der Waals surface area (Å²) in [6, 6.07) is 13.2. The van der Waals surface area contributed by atoms with Crippen LogP contribution < -0.4 is 24.2 Å². The zero-order valence-corrected chi connectivity index (χ0v) is 17.7. The maximum absolute atomic E-state index is 13.2. The lowest BCUT2D eigenvalue weighted by molar-refractivity contribution is -0.915. The average molecular weight is 410 g/mol. The van der Waals surface area contributed by atoms with Gasteiger partial charge in [-0.1, -0.05) is 12.1 Å². The summed E-state index contributed by atoms with van der Waals surface area (Å²) < 4.78 is 10.6. The minimum atomic E-state index is -0.324. The van der Waals surface area contributed by atoms with Crippen LogP contribution in [0.25, 0.3) is 0 Å². The van der Waals surface area contributed by atoms with E-state index in [9.17, 15) is 9.59 Å². The maximum Gasteiger partial charge on any atom is 0.292 e. The van der Waals surface area contributed by atoms with Gasteiger partial charge in [0.15, 0.2) is 6.04 Å². The normalized spacial score (nSPS) is 20.0. The van der Waals surface area contributed by atoms with E-state index in [2.05, 4.69) is 11.0 Å². The van der Waals surface area contributed by atoms with Crippen LogP contribution in [0.2, 0.25) is 0 Å². The highest BCUT2D eigenvalue weighted by molar-refractivity contribution is 6.22. The van der Waals surface area contributed by atoms with Crippen LogP contribution in [0.1, 0.15) is 12.0 Å². The number of imide groups is 1. The number of piperazine rings is 1. The van der Waals surface area contributed by atoms with Gasteiger partial charge in [-0.2, -0.15) is 0 Å². The van der Waals surface area contributed by atoms with Crippen molar-refractivity contribution in [3.63, 3.8) is 0 Å². The molecule has 7 nitrogen and oxygen atoms in total. The van der Waals surface area contributed by atoms with E-state index in [1.54, 1.807) is 20.3 Å². The van der Waals surface area contributed by atoms with E-state index in [0.29, 0.717) is 11.4 Å². The first-order chi connectivity index (χ1) is 14.5. The molecular weight excluding hydrogens is 382 g/mol. The van der Waals surface area contributed by atoms with Crippen molar-refractivity contribution >= 4 is 23.2 Å². The molecule has 2 saturated heterocycles. The molecule has 2 aromatic carbocycles. The van der Waals surface area contributed by atoms with Crippen molar-refractivity contribution in [3.8, 4) is 11.5 Å². The van der Waals surface area contributed by atoms with Crippen molar-refractivity contribution in [1.29, 1.82) is 0 Å². The molecule has 4 rings (SSSR count). The van der Waals surface area contributed by atoms with Gasteiger partial charge < -0.3 is 19.3 Å². The lowest BCUT2D eigenvalue weighted by atomic mass is 10.1. The first-order valence-electron chi connectivity index (χ1n) is 10.3. The fraction of sp³-hybridized carbons (Fsp3) is 0.391. The van der Waals surface area contributed by atoms with Gasteiger partial charge >= 0.3 is 0 Å². The molecule has 2 aliphatic heterocycles. The molecule has 1 atom stereocenters. The lowest BCUT2D eigenvalue weighted by Gasteiger charge is -2.35. The first-order valence-corrected chi connectivity index (χ1v) is 10.3. The summed E-state index contributed by atoms with van der Waals surface area (Å²) in [5.74, 6) is 1.23. The molecule has 0 bridgehead atoms. The Bertz CT molecular complexity index is 953. The zero-order valence-electron chi connectivity index (χ0n) is 17.7. The number of nitrogens with one attached hydrogen (secondary N) is 1. The number of aryl methyl sites for hydroxylation is 1. The molecule has 2 aliphatic rings. The third kappa shape index (κ3) is 3.73. The van der Waals surface area contributed by atoms with Crippen LogP contribution in [-0.2, 0) is 9.59 Å². The van der Waals surface area contributed by atoms with Gasteiger partial charge in [-0.3, -0.25) is 9.59 Å². The van der Waals surface area contributed by atoms with Gasteiger partial charge in [0, 0.05) is 17.8 Å². The van der Waals surface area contributed by atoms with Crippen molar-refractivity contribution in [2.75, 3.05) is 50.2 Å². The van der Waals surface area contributed by atoms with E-state index in [0.717, 1.165) is 43.2 Å². The van der Waals surface area contributed by atoms with E-state index >= 15 is 0 Å². The Morgan fingerprint density at radius 2 is 1.67 bits per heavy atom. The van der Waals surface area contributed by atoms with Crippen molar-refractivity contribution < 1.29 is 24.0 Å². The van der Waals surface area contributed by atoms with Crippen LogP contribution >= 0.6 is 0 Å². The zero-order chi connectivity index (χ0) is 21.3. The number of carbonyl (C=O) groups excluding carboxylic acids is 2. The number of amides is 2. The molecule has 0 aromatic heterocycles. The van der Waals surface area contributed by atoms with E-state index in [1.807, 2.05) is 37.3 Å². The number of hydrogen-bond acceptors (Lipinski definition) is 5. The van der Waals surface area contributed by atoms with Gasteiger partial charge in [-0.25, -0.2) is 4.90 Å². The highest BCUT2D eigenvalue weighted by Crippen LogP contribution is 2.29. The van der Waals surface area contributed by atoms with Gasteiger partial charge in [0.25, 0.3) is 5.91 Å². The number of quaternary nitrogens is 1. The Labute approximate surface area is 176 Å². The van der Waals surface area contributed by atoms with E-state index in [1.165, 1.54) is 9.80 Å². The third-order valence-electron chi connectivity index (χ3n) is 6.12. The van der Waals surface area contributed by atoms with Crippen LogP contribution in [0.15, 0.2) is 42.5 Å². The molecule has 0 aliphatic carbocycles. The molecule has 0 spiro atoms. The molecule has 0 radical (unpaired) electrons. The highest BCUT2D eigenvalue weighted by Gasteiger charge is 2.46. The Kier molecular flexibility index (Phi) is 5.63. The number of methoxy groups -OCH3 is 2. The van der Waals surface area contributed by atoms with Gasteiger partial charge in [0.2, 0.25) is 5.91 Å². The molecule has 2 amide bonds. The van der Waals surface area contributed by atoms with Crippen LogP contribution in [0.4, 0.5) is 11.4 Å². The minimum absolute atomic E-state index is 0.110. The second kappa shape index (κ2) is 8.36. The van der Waals surface area contributed by atoms with Gasteiger partial charge in [-0.05, 0) is 30.7 Å². The molecule has 2 aromatic rings. The predicted octanol–water partition coefficient (Wildman–Crippen LogP) is 1.05. The molecule has 0 unspecified atom stereocenters. The second-order valence-electron chi connectivity index (χ2n) is 7.82. The van der Waals surface area contributed by atoms with Crippen molar-refractivity contribution in [2.24, 2.45) is 0 Å². The summed E-state index contributed by atoms with van der Waals surface area (Å²) >= 11 is 0. The topological polar surface area (TPSA) is 63.5 Å². The SMILES string of the molecule is COc1cccc(N2CC[NH+]([C@H]3CC(=O)N(c4cc(OC)ccc4C)C3=O)CC2)c1. The fourth-order valence-corrected chi connectivity index (χ4v) is 4.37. The van der Waals surface area contributed by atoms with Gasteiger partial charge in [0.1, 0.15) is 11.5 Å². The molecular formula is C23H28N3O4+.